The number of carbonyl (C=O) groups excluding carboxylic acids is 2. The molecule has 0 bridgehead atoms. The summed E-state index contributed by atoms with van der Waals surface area (Å²) in [6.45, 7) is 8.31. The topological polar surface area (TPSA) is 61.4 Å². The maximum absolute atomic E-state index is 12.6. The molecule has 0 aromatic heterocycles. The van der Waals surface area contributed by atoms with Gasteiger partial charge >= 0.3 is 6.03 Å². The van der Waals surface area contributed by atoms with E-state index in [-0.39, 0.29) is 23.9 Å². The first kappa shape index (κ1) is 21.5. The van der Waals surface area contributed by atoms with E-state index in [9.17, 15) is 9.59 Å². The summed E-state index contributed by atoms with van der Waals surface area (Å²) in [5, 5.41) is 6.79. The Hall–Kier alpha value is -1.75. The van der Waals surface area contributed by atoms with Crippen molar-refractivity contribution in [2.24, 2.45) is 11.8 Å². The summed E-state index contributed by atoms with van der Waals surface area (Å²) in [6, 6.07) is 7.59. The number of hydrogen-bond donors (Lipinski definition) is 2. The lowest BCUT2D eigenvalue weighted by Crippen LogP contribution is -2.47. The smallest absolute Gasteiger partial charge is 0.317 e. The van der Waals surface area contributed by atoms with Crippen LogP contribution in [0.3, 0.4) is 0 Å². The van der Waals surface area contributed by atoms with Crippen LogP contribution in [0.5, 0.6) is 0 Å². The summed E-state index contributed by atoms with van der Waals surface area (Å²) < 4.78 is 0. The van der Waals surface area contributed by atoms with Gasteiger partial charge in [0.2, 0.25) is 5.91 Å². The number of carbonyl (C=O) groups is 2. The van der Waals surface area contributed by atoms with Gasteiger partial charge in [-0.2, -0.15) is 0 Å². The fourth-order valence-electron chi connectivity index (χ4n) is 3.45. The molecule has 1 aliphatic heterocycles. The fourth-order valence-corrected chi connectivity index (χ4v) is 3.58. The maximum atomic E-state index is 12.6. The number of hydrogen-bond acceptors (Lipinski definition) is 2. The zero-order chi connectivity index (χ0) is 19.8. The van der Waals surface area contributed by atoms with Gasteiger partial charge in [-0.25, -0.2) is 4.79 Å². The van der Waals surface area contributed by atoms with E-state index in [1.165, 1.54) is 0 Å². The first-order valence-corrected chi connectivity index (χ1v) is 10.3. The number of halogens is 1. The molecule has 150 valence electrons. The minimum absolute atomic E-state index is 0.0104. The van der Waals surface area contributed by atoms with Crippen molar-refractivity contribution in [3.05, 3.63) is 34.9 Å². The second-order valence-electron chi connectivity index (χ2n) is 7.82. The summed E-state index contributed by atoms with van der Waals surface area (Å²) in [6.07, 6.45) is 3.21. The van der Waals surface area contributed by atoms with Gasteiger partial charge in [0, 0.05) is 31.1 Å². The molecule has 0 radical (unpaired) electrons. The van der Waals surface area contributed by atoms with Crippen LogP contribution in [0.1, 0.15) is 58.1 Å². The van der Waals surface area contributed by atoms with E-state index in [2.05, 4.69) is 31.4 Å². The molecule has 5 nitrogen and oxygen atoms in total. The predicted octanol–water partition coefficient (Wildman–Crippen LogP) is 4.38. The zero-order valence-corrected chi connectivity index (χ0v) is 17.4. The second kappa shape index (κ2) is 10.5. The summed E-state index contributed by atoms with van der Waals surface area (Å²) in [7, 11) is 0. The molecule has 0 spiro atoms. The molecule has 27 heavy (non-hydrogen) atoms. The highest BCUT2D eigenvalue weighted by Crippen LogP contribution is 2.22. The number of nitrogens with zero attached hydrogens (tertiary/aromatic N) is 1. The molecular weight excluding hydrogens is 362 g/mol. The average molecular weight is 394 g/mol. The van der Waals surface area contributed by atoms with Crippen molar-refractivity contribution in [3.8, 4) is 0 Å². The van der Waals surface area contributed by atoms with E-state index < -0.39 is 0 Å². The Morgan fingerprint density at radius 2 is 1.96 bits per heavy atom. The van der Waals surface area contributed by atoms with E-state index >= 15 is 0 Å². The summed E-state index contributed by atoms with van der Waals surface area (Å²) >= 11 is 5.95. The second-order valence-corrected chi connectivity index (χ2v) is 8.25. The van der Waals surface area contributed by atoms with Gasteiger partial charge < -0.3 is 15.5 Å². The largest absolute Gasteiger partial charge is 0.349 e. The van der Waals surface area contributed by atoms with Crippen LogP contribution in [0.2, 0.25) is 5.02 Å². The van der Waals surface area contributed by atoms with Crippen molar-refractivity contribution >= 4 is 23.5 Å². The highest BCUT2D eigenvalue weighted by atomic mass is 35.5. The molecule has 6 heteroatoms. The summed E-state index contributed by atoms with van der Waals surface area (Å²) in [4.78, 5) is 26.7. The van der Waals surface area contributed by atoms with Gasteiger partial charge in [-0.1, -0.05) is 44.5 Å². The zero-order valence-electron chi connectivity index (χ0n) is 16.6. The van der Waals surface area contributed by atoms with Crippen molar-refractivity contribution in [1.29, 1.82) is 0 Å². The molecule has 3 amide bonds. The number of likely N-dealkylation sites (tertiary alicyclic amines) is 1. The van der Waals surface area contributed by atoms with Crippen molar-refractivity contribution in [2.75, 3.05) is 19.6 Å². The maximum Gasteiger partial charge on any atom is 0.317 e. The molecule has 1 saturated heterocycles. The standard InChI is InChI=1S/C21H32ClN3O2/c1-4-19(17-7-9-18(22)10-8-17)24-20(26)12-16-6-5-11-25(14-16)21(27)23-13-15(2)3/h7-10,15-16,19H,4-6,11-14H2,1-3H3,(H,23,27)(H,24,26)/t16-,19-/m1/s1. The Labute approximate surface area is 167 Å². The summed E-state index contributed by atoms with van der Waals surface area (Å²) in [5.41, 5.74) is 1.06. The summed E-state index contributed by atoms with van der Waals surface area (Å²) in [5.74, 6) is 0.691. The Kier molecular flexibility index (Phi) is 8.42. The third-order valence-corrected chi connectivity index (χ3v) is 5.21. The third kappa shape index (κ3) is 7.06. The molecule has 2 rings (SSSR count). The van der Waals surface area contributed by atoms with Gasteiger partial charge in [0.1, 0.15) is 0 Å². The average Bonchev–Trinajstić information content (AvgIpc) is 2.65. The molecule has 1 fully saturated rings. The molecule has 2 atom stereocenters. The third-order valence-electron chi connectivity index (χ3n) is 4.96. The van der Waals surface area contributed by atoms with Crippen molar-refractivity contribution in [1.82, 2.24) is 15.5 Å². The van der Waals surface area contributed by atoms with Crippen LogP contribution < -0.4 is 10.6 Å². The molecule has 1 aliphatic rings. The van der Waals surface area contributed by atoms with Gasteiger partial charge in [-0.3, -0.25) is 4.79 Å². The van der Waals surface area contributed by atoms with Gasteiger partial charge in [-0.05, 0) is 48.8 Å². The molecule has 1 aromatic carbocycles. The minimum Gasteiger partial charge on any atom is -0.349 e. The van der Waals surface area contributed by atoms with Gasteiger partial charge in [0.15, 0.2) is 0 Å². The first-order valence-electron chi connectivity index (χ1n) is 9.96. The highest BCUT2D eigenvalue weighted by molar-refractivity contribution is 6.30. The van der Waals surface area contributed by atoms with Crippen LogP contribution in [0, 0.1) is 11.8 Å². The van der Waals surface area contributed by atoms with Crippen molar-refractivity contribution in [2.45, 2.75) is 52.5 Å². The normalized spacial score (nSPS) is 18.3. The SMILES string of the molecule is CC[C@@H](NC(=O)C[C@H]1CCCN(C(=O)NCC(C)C)C1)c1ccc(Cl)cc1. The van der Waals surface area contributed by atoms with Crippen LogP contribution in [0.15, 0.2) is 24.3 Å². The quantitative estimate of drug-likeness (QED) is 0.722. The predicted molar refractivity (Wildman–Crippen MR) is 110 cm³/mol. The van der Waals surface area contributed by atoms with Crippen LogP contribution in [0.25, 0.3) is 0 Å². The monoisotopic (exact) mass is 393 g/mol. The van der Waals surface area contributed by atoms with E-state index in [1.54, 1.807) is 0 Å². The Balaban J connectivity index is 1.85. The van der Waals surface area contributed by atoms with E-state index in [0.29, 0.717) is 30.5 Å². The van der Waals surface area contributed by atoms with Gasteiger partial charge in [0.25, 0.3) is 0 Å². The highest BCUT2D eigenvalue weighted by Gasteiger charge is 2.26. The number of piperidine rings is 1. The molecular formula is C21H32ClN3O2. The molecule has 0 saturated carbocycles. The van der Waals surface area contributed by atoms with Crippen LogP contribution >= 0.6 is 11.6 Å². The number of nitrogens with one attached hydrogen (secondary N) is 2. The van der Waals surface area contributed by atoms with Crippen LogP contribution in [0.4, 0.5) is 4.79 Å². The molecule has 2 N–H and O–H groups in total. The number of amides is 3. The Bertz CT molecular complexity index is 618. The van der Waals surface area contributed by atoms with E-state index in [1.807, 2.05) is 29.2 Å². The molecule has 0 unspecified atom stereocenters. The van der Waals surface area contributed by atoms with Crippen LogP contribution in [-0.4, -0.2) is 36.5 Å². The Morgan fingerprint density at radius 1 is 1.26 bits per heavy atom. The fraction of sp³-hybridized carbons (Fsp3) is 0.619. The molecule has 1 heterocycles. The van der Waals surface area contributed by atoms with Crippen molar-refractivity contribution < 1.29 is 9.59 Å². The molecule has 0 aliphatic carbocycles. The Morgan fingerprint density at radius 3 is 2.59 bits per heavy atom. The van der Waals surface area contributed by atoms with Gasteiger partial charge in [-0.15, -0.1) is 0 Å². The lowest BCUT2D eigenvalue weighted by Gasteiger charge is -2.33. The van der Waals surface area contributed by atoms with Gasteiger partial charge in [0.05, 0.1) is 6.04 Å². The molecule has 1 aromatic rings. The minimum atomic E-state index is -0.0126. The lowest BCUT2D eigenvalue weighted by molar-refractivity contribution is -0.123. The van der Waals surface area contributed by atoms with Crippen LogP contribution in [-0.2, 0) is 4.79 Å². The first-order chi connectivity index (χ1) is 12.9. The van der Waals surface area contributed by atoms with E-state index in [0.717, 1.165) is 31.4 Å². The lowest BCUT2D eigenvalue weighted by atomic mass is 9.94. The van der Waals surface area contributed by atoms with Crippen molar-refractivity contribution in [3.63, 3.8) is 0 Å². The number of benzene rings is 1. The number of rotatable bonds is 7. The number of urea groups is 1. The van der Waals surface area contributed by atoms with E-state index in [4.69, 9.17) is 11.6 Å².